The summed E-state index contributed by atoms with van der Waals surface area (Å²) in [5.74, 6) is 1.26. The van der Waals surface area contributed by atoms with Gasteiger partial charge < -0.3 is 15.7 Å². The molecule has 0 amide bonds. The number of rotatable bonds is 2. The standard InChI is InChI=1S/C16H18N4O2/c1-9-15-13(19-16(17)18-9)7-11(8-14(15)20-21)10-3-5-12(22-2)6-4-10/h3-6,11,21H,7-8H2,1-2H3,(H2,17,18,19). The summed E-state index contributed by atoms with van der Waals surface area (Å²) in [6.45, 7) is 1.86. The normalized spacial score (nSPS) is 19.0. The molecule has 6 heteroatoms. The van der Waals surface area contributed by atoms with Crippen molar-refractivity contribution in [2.45, 2.75) is 25.7 Å². The Morgan fingerprint density at radius 2 is 1.95 bits per heavy atom. The number of ether oxygens (including phenoxy) is 1. The molecule has 2 aromatic rings. The van der Waals surface area contributed by atoms with Crippen LogP contribution in [-0.4, -0.2) is 28.0 Å². The first-order valence-electron chi connectivity index (χ1n) is 7.10. The number of fused-ring (bicyclic) bond motifs is 1. The Morgan fingerprint density at radius 1 is 1.23 bits per heavy atom. The minimum absolute atomic E-state index is 0.193. The minimum atomic E-state index is 0.193. The Morgan fingerprint density at radius 3 is 2.59 bits per heavy atom. The number of benzene rings is 1. The van der Waals surface area contributed by atoms with Crippen LogP contribution in [-0.2, 0) is 6.42 Å². The second-order valence-corrected chi connectivity index (χ2v) is 5.41. The van der Waals surface area contributed by atoms with Gasteiger partial charge in [0.05, 0.1) is 24.2 Å². The van der Waals surface area contributed by atoms with Gasteiger partial charge in [0.2, 0.25) is 5.95 Å². The topological polar surface area (TPSA) is 93.6 Å². The molecule has 0 spiro atoms. The molecule has 3 N–H and O–H groups in total. The molecule has 1 aliphatic rings. The molecule has 0 aliphatic heterocycles. The van der Waals surface area contributed by atoms with Gasteiger partial charge in [0.25, 0.3) is 0 Å². The van der Waals surface area contributed by atoms with E-state index >= 15 is 0 Å². The van der Waals surface area contributed by atoms with Crippen molar-refractivity contribution in [1.29, 1.82) is 0 Å². The van der Waals surface area contributed by atoms with Crippen LogP contribution in [0.25, 0.3) is 0 Å². The lowest BCUT2D eigenvalue weighted by atomic mass is 9.81. The first-order valence-corrected chi connectivity index (χ1v) is 7.10. The summed E-state index contributed by atoms with van der Waals surface area (Å²) in [5.41, 5.74) is 9.93. The number of hydrogen-bond donors (Lipinski definition) is 2. The molecule has 1 unspecified atom stereocenters. The van der Waals surface area contributed by atoms with E-state index in [-0.39, 0.29) is 11.9 Å². The molecule has 114 valence electrons. The van der Waals surface area contributed by atoms with Crippen molar-refractivity contribution in [3.63, 3.8) is 0 Å². The fourth-order valence-corrected chi connectivity index (χ4v) is 3.02. The van der Waals surface area contributed by atoms with Crippen LogP contribution >= 0.6 is 0 Å². The molecule has 0 saturated carbocycles. The lowest BCUT2D eigenvalue weighted by molar-refractivity contribution is 0.316. The van der Waals surface area contributed by atoms with Crippen LogP contribution in [0.5, 0.6) is 5.75 Å². The third-order valence-corrected chi connectivity index (χ3v) is 4.06. The number of oxime groups is 1. The van der Waals surface area contributed by atoms with Crippen molar-refractivity contribution in [2.75, 3.05) is 12.8 Å². The van der Waals surface area contributed by atoms with Crippen LogP contribution in [0.1, 0.15) is 34.9 Å². The first kappa shape index (κ1) is 14.3. The molecule has 0 fully saturated rings. The van der Waals surface area contributed by atoms with Crippen LogP contribution in [0.15, 0.2) is 29.4 Å². The second kappa shape index (κ2) is 5.63. The van der Waals surface area contributed by atoms with Crippen LogP contribution in [0.2, 0.25) is 0 Å². The van der Waals surface area contributed by atoms with Crippen molar-refractivity contribution in [3.05, 3.63) is 46.8 Å². The largest absolute Gasteiger partial charge is 0.497 e. The van der Waals surface area contributed by atoms with Gasteiger partial charge in [0.15, 0.2) is 0 Å². The molecule has 1 aliphatic carbocycles. The van der Waals surface area contributed by atoms with Gasteiger partial charge >= 0.3 is 0 Å². The zero-order valence-electron chi connectivity index (χ0n) is 12.6. The van der Waals surface area contributed by atoms with E-state index in [2.05, 4.69) is 15.1 Å². The first-order chi connectivity index (χ1) is 10.6. The maximum absolute atomic E-state index is 9.36. The lowest BCUT2D eigenvalue weighted by Gasteiger charge is -2.26. The van der Waals surface area contributed by atoms with Gasteiger partial charge in [-0.05, 0) is 37.0 Å². The van der Waals surface area contributed by atoms with E-state index in [4.69, 9.17) is 10.5 Å². The zero-order chi connectivity index (χ0) is 15.7. The fourth-order valence-electron chi connectivity index (χ4n) is 3.02. The predicted octanol–water partition coefficient (Wildman–Crippen LogP) is 2.28. The second-order valence-electron chi connectivity index (χ2n) is 5.41. The van der Waals surface area contributed by atoms with E-state index in [1.807, 2.05) is 31.2 Å². The van der Waals surface area contributed by atoms with Gasteiger partial charge in [-0.25, -0.2) is 9.97 Å². The number of anilines is 1. The van der Waals surface area contributed by atoms with Crippen LogP contribution in [0.4, 0.5) is 5.95 Å². The molecule has 22 heavy (non-hydrogen) atoms. The molecule has 1 atom stereocenters. The van der Waals surface area contributed by atoms with Gasteiger partial charge in [0.1, 0.15) is 5.75 Å². The highest BCUT2D eigenvalue weighted by Gasteiger charge is 2.28. The van der Waals surface area contributed by atoms with E-state index in [0.717, 1.165) is 34.7 Å². The Balaban J connectivity index is 2.00. The minimum Gasteiger partial charge on any atom is -0.497 e. The lowest BCUT2D eigenvalue weighted by Crippen LogP contribution is -2.23. The summed E-state index contributed by atoms with van der Waals surface area (Å²) >= 11 is 0. The highest BCUT2D eigenvalue weighted by Crippen LogP contribution is 2.34. The summed E-state index contributed by atoms with van der Waals surface area (Å²) in [4.78, 5) is 8.50. The molecule has 1 aromatic heterocycles. The molecule has 6 nitrogen and oxygen atoms in total. The van der Waals surface area contributed by atoms with Gasteiger partial charge in [-0.1, -0.05) is 17.3 Å². The number of aryl methyl sites for hydroxylation is 1. The van der Waals surface area contributed by atoms with Crippen LogP contribution in [0.3, 0.4) is 0 Å². The van der Waals surface area contributed by atoms with Gasteiger partial charge in [-0.2, -0.15) is 0 Å². The van der Waals surface area contributed by atoms with Crippen LogP contribution < -0.4 is 10.5 Å². The molecule has 0 radical (unpaired) electrons. The van der Waals surface area contributed by atoms with E-state index in [1.165, 1.54) is 0 Å². The van der Waals surface area contributed by atoms with E-state index in [0.29, 0.717) is 12.1 Å². The molecule has 0 bridgehead atoms. The summed E-state index contributed by atoms with van der Waals surface area (Å²) in [7, 11) is 1.64. The number of hydrogen-bond acceptors (Lipinski definition) is 6. The van der Waals surface area contributed by atoms with Crippen molar-refractivity contribution in [1.82, 2.24) is 9.97 Å². The third-order valence-electron chi connectivity index (χ3n) is 4.06. The average molecular weight is 298 g/mol. The summed E-state index contributed by atoms with van der Waals surface area (Å²) in [6.07, 6.45) is 1.39. The Bertz CT molecular complexity index is 726. The van der Waals surface area contributed by atoms with Gasteiger partial charge in [0, 0.05) is 12.0 Å². The Hall–Kier alpha value is -2.63. The molecular weight excluding hydrogens is 280 g/mol. The summed E-state index contributed by atoms with van der Waals surface area (Å²) in [6, 6.07) is 7.92. The number of methoxy groups -OCH3 is 1. The van der Waals surface area contributed by atoms with Crippen molar-refractivity contribution in [3.8, 4) is 5.75 Å². The molecular formula is C16H18N4O2. The molecule has 3 rings (SSSR count). The van der Waals surface area contributed by atoms with E-state index in [1.54, 1.807) is 7.11 Å². The van der Waals surface area contributed by atoms with Gasteiger partial charge in [-0.15, -0.1) is 0 Å². The van der Waals surface area contributed by atoms with Crippen molar-refractivity contribution in [2.24, 2.45) is 5.16 Å². The molecule has 1 aromatic carbocycles. The van der Waals surface area contributed by atoms with Gasteiger partial charge in [-0.3, -0.25) is 0 Å². The maximum atomic E-state index is 9.36. The third kappa shape index (κ3) is 2.47. The number of aromatic nitrogens is 2. The summed E-state index contributed by atoms with van der Waals surface area (Å²) in [5, 5.41) is 12.8. The Labute approximate surface area is 128 Å². The number of nitrogen functional groups attached to an aromatic ring is 1. The summed E-state index contributed by atoms with van der Waals surface area (Å²) < 4.78 is 5.19. The Kier molecular flexibility index (Phi) is 3.66. The highest BCUT2D eigenvalue weighted by molar-refractivity contribution is 6.03. The number of nitrogens with two attached hydrogens (primary N) is 1. The van der Waals surface area contributed by atoms with Crippen LogP contribution in [0, 0.1) is 6.92 Å². The number of nitrogens with zero attached hydrogens (tertiary/aromatic N) is 3. The monoisotopic (exact) mass is 298 g/mol. The van der Waals surface area contributed by atoms with Crippen molar-refractivity contribution >= 4 is 11.7 Å². The predicted molar refractivity (Wildman–Crippen MR) is 83.6 cm³/mol. The quantitative estimate of drug-likeness (QED) is 0.655. The SMILES string of the molecule is COc1ccc(C2CC(=NO)c3c(C)nc(N)nc3C2)cc1. The zero-order valence-corrected chi connectivity index (χ0v) is 12.6. The smallest absolute Gasteiger partial charge is 0.220 e. The molecule has 1 heterocycles. The maximum Gasteiger partial charge on any atom is 0.220 e. The van der Waals surface area contributed by atoms with E-state index in [9.17, 15) is 5.21 Å². The highest BCUT2D eigenvalue weighted by atomic mass is 16.5. The molecule has 0 saturated heterocycles. The average Bonchev–Trinajstić information content (AvgIpc) is 2.53. The van der Waals surface area contributed by atoms with Crippen molar-refractivity contribution < 1.29 is 9.94 Å². The van der Waals surface area contributed by atoms with E-state index < -0.39 is 0 Å². The fraction of sp³-hybridized carbons (Fsp3) is 0.312.